The molecular weight excluding hydrogens is 307 g/mol. The zero-order valence-electron chi connectivity index (χ0n) is 10.4. The van der Waals surface area contributed by atoms with Gasteiger partial charge in [-0.05, 0) is 18.2 Å². The largest absolute Gasteiger partial charge is 0.478 e. The number of hydrogen-bond acceptors (Lipinski definition) is 5. The van der Waals surface area contributed by atoms with Crippen molar-refractivity contribution >= 4 is 27.8 Å². The number of aromatic carboxylic acids is 1. The number of sulfonamides is 1. The van der Waals surface area contributed by atoms with Gasteiger partial charge in [-0.1, -0.05) is 0 Å². The minimum Gasteiger partial charge on any atom is -0.478 e. The smallest absolute Gasteiger partial charge is 0.337 e. The first kappa shape index (κ1) is 15.1. The van der Waals surface area contributed by atoms with Crippen LogP contribution in [-0.2, 0) is 19.6 Å². The van der Waals surface area contributed by atoms with Crippen molar-refractivity contribution in [2.45, 2.75) is 4.90 Å². The topological polar surface area (TPSA) is 121 Å². The number of carbonyl (C=O) groups is 3. The molecule has 1 fully saturated rings. The van der Waals surface area contributed by atoms with E-state index in [2.05, 4.69) is 0 Å². The van der Waals surface area contributed by atoms with Gasteiger partial charge in [0.05, 0.1) is 23.5 Å². The Morgan fingerprint density at radius 2 is 1.81 bits per heavy atom. The van der Waals surface area contributed by atoms with Crippen molar-refractivity contribution < 1.29 is 32.3 Å². The number of hydrogen-bond donors (Lipinski definition) is 2. The van der Waals surface area contributed by atoms with E-state index in [1.165, 1.54) is 0 Å². The maximum Gasteiger partial charge on any atom is 0.337 e. The highest BCUT2D eigenvalue weighted by molar-refractivity contribution is 7.89. The summed E-state index contributed by atoms with van der Waals surface area (Å²) in [6, 6.07) is 2.14. The molecule has 1 aromatic carbocycles. The molecule has 112 valence electrons. The van der Waals surface area contributed by atoms with Gasteiger partial charge in [0.25, 0.3) is 0 Å². The molecule has 21 heavy (non-hydrogen) atoms. The van der Waals surface area contributed by atoms with E-state index in [0.29, 0.717) is 10.4 Å². The van der Waals surface area contributed by atoms with Gasteiger partial charge in [-0.25, -0.2) is 17.6 Å². The second-order valence-electron chi connectivity index (χ2n) is 4.19. The highest BCUT2D eigenvalue weighted by Gasteiger charge is 2.35. The molecule has 1 aromatic rings. The number of imide groups is 1. The van der Waals surface area contributed by atoms with Gasteiger partial charge in [0.2, 0.25) is 21.8 Å². The molecule has 0 bridgehead atoms. The fourth-order valence-electron chi connectivity index (χ4n) is 1.81. The second-order valence-corrected chi connectivity index (χ2v) is 6.10. The molecule has 0 radical (unpaired) electrons. The fourth-order valence-corrected chi connectivity index (χ4v) is 3.35. The van der Waals surface area contributed by atoms with Crippen molar-refractivity contribution in [3.05, 3.63) is 29.6 Å². The van der Waals surface area contributed by atoms with Crippen molar-refractivity contribution in [2.24, 2.45) is 0 Å². The minimum absolute atomic E-state index is 0.495. The number of carboxylic acid groups (broad SMARTS) is 1. The first-order chi connectivity index (χ1) is 9.71. The molecule has 2 amide bonds. The number of carboxylic acids is 1. The molecule has 0 atom stereocenters. The Hall–Kier alpha value is -2.33. The van der Waals surface area contributed by atoms with Gasteiger partial charge < -0.3 is 5.11 Å². The maximum absolute atomic E-state index is 13.2. The number of carbonyl (C=O) groups excluding carboxylic acids is 2. The molecule has 1 heterocycles. The zero-order chi connectivity index (χ0) is 15.8. The summed E-state index contributed by atoms with van der Waals surface area (Å²) < 4.78 is 38.4. The van der Waals surface area contributed by atoms with Crippen LogP contribution in [0.1, 0.15) is 10.4 Å². The zero-order valence-corrected chi connectivity index (χ0v) is 11.2. The van der Waals surface area contributed by atoms with Gasteiger partial charge in [0.15, 0.2) is 0 Å². The Bertz CT molecular complexity index is 729. The fraction of sp³-hybridized carbons (Fsp3) is 0.182. The van der Waals surface area contributed by atoms with Crippen molar-refractivity contribution in [1.29, 1.82) is 0 Å². The minimum atomic E-state index is -4.50. The second kappa shape index (κ2) is 5.22. The van der Waals surface area contributed by atoms with Crippen molar-refractivity contribution in [3.63, 3.8) is 0 Å². The van der Waals surface area contributed by atoms with Crippen LogP contribution in [0.4, 0.5) is 4.39 Å². The van der Waals surface area contributed by atoms with Gasteiger partial charge >= 0.3 is 5.97 Å². The normalized spacial score (nSPS) is 16.6. The van der Waals surface area contributed by atoms with Crippen LogP contribution < -0.4 is 5.32 Å². The summed E-state index contributed by atoms with van der Waals surface area (Å²) in [4.78, 5) is 32.7. The average molecular weight is 316 g/mol. The van der Waals surface area contributed by atoms with Crippen molar-refractivity contribution in [2.75, 3.05) is 13.1 Å². The lowest BCUT2D eigenvalue weighted by molar-refractivity contribution is -0.134. The number of piperazine rings is 1. The first-order valence-corrected chi connectivity index (χ1v) is 7.01. The lowest BCUT2D eigenvalue weighted by Gasteiger charge is -2.25. The molecule has 0 aromatic heterocycles. The monoisotopic (exact) mass is 316 g/mol. The van der Waals surface area contributed by atoms with E-state index in [1.54, 1.807) is 0 Å². The van der Waals surface area contributed by atoms with Gasteiger partial charge in [0, 0.05) is 0 Å². The number of nitrogens with one attached hydrogen (secondary N) is 1. The Morgan fingerprint density at radius 3 is 2.33 bits per heavy atom. The van der Waals surface area contributed by atoms with E-state index >= 15 is 0 Å². The van der Waals surface area contributed by atoms with Crippen molar-refractivity contribution in [1.82, 2.24) is 9.62 Å². The van der Waals surface area contributed by atoms with Crippen LogP contribution in [0.15, 0.2) is 23.1 Å². The standard InChI is InChI=1S/C11H9FN2O6S/c12-6-1-2-7(11(17)18)8(3-6)21(19,20)14-4-9(15)13-10(16)5-14/h1-3H,4-5H2,(H,17,18)(H,13,15,16). The highest BCUT2D eigenvalue weighted by atomic mass is 32.2. The van der Waals surface area contributed by atoms with Crippen LogP contribution in [0.2, 0.25) is 0 Å². The quantitative estimate of drug-likeness (QED) is 0.702. The van der Waals surface area contributed by atoms with Crippen LogP contribution in [-0.4, -0.2) is 48.7 Å². The third kappa shape index (κ3) is 2.90. The van der Waals surface area contributed by atoms with Crippen LogP contribution >= 0.6 is 0 Å². The maximum atomic E-state index is 13.2. The highest BCUT2D eigenvalue weighted by Crippen LogP contribution is 2.22. The predicted octanol–water partition coefficient (Wildman–Crippen LogP) is -0.829. The Labute approximate surface area is 118 Å². The number of amides is 2. The van der Waals surface area contributed by atoms with E-state index in [9.17, 15) is 27.2 Å². The Balaban J connectivity index is 2.53. The van der Waals surface area contributed by atoms with Gasteiger partial charge in [-0.2, -0.15) is 4.31 Å². The summed E-state index contributed by atoms with van der Waals surface area (Å²) in [5.41, 5.74) is -0.644. The number of benzene rings is 1. The molecule has 2 N–H and O–H groups in total. The summed E-state index contributed by atoms with van der Waals surface area (Å²) in [5.74, 6) is -4.21. The molecule has 0 aliphatic carbocycles. The van der Waals surface area contributed by atoms with E-state index in [1.807, 2.05) is 5.32 Å². The molecule has 1 saturated heterocycles. The van der Waals surface area contributed by atoms with Crippen molar-refractivity contribution in [3.8, 4) is 0 Å². The predicted molar refractivity (Wildman–Crippen MR) is 65.3 cm³/mol. The molecule has 1 aliphatic rings. The summed E-state index contributed by atoms with van der Waals surface area (Å²) in [5, 5.41) is 10.9. The molecular formula is C11H9FN2O6S. The van der Waals surface area contributed by atoms with Crippen LogP contribution in [0.3, 0.4) is 0 Å². The number of rotatable bonds is 3. The summed E-state index contributed by atoms with van der Waals surface area (Å²) in [7, 11) is -4.50. The molecule has 2 rings (SSSR count). The third-order valence-corrected chi connectivity index (χ3v) is 4.54. The SMILES string of the molecule is O=C1CN(S(=O)(=O)c2cc(F)ccc2C(=O)O)CC(=O)N1. The van der Waals surface area contributed by atoms with Gasteiger partial charge in [0.1, 0.15) is 5.82 Å². The Morgan fingerprint density at radius 1 is 1.24 bits per heavy atom. The van der Waals surface area contributed by atoms with Crippen LogP contribution in [0.25, 0.3) is 0 Å². The van der Waals surface area contributed by atoms with Gasteiger partial charge in [-0.15, -0.1) is 0 Å². The Kier molecular flexibility index (Phi) is 3.75. The number of halogens is 1. The molecule has 0 saturated carbocycles. The molecule has 1 aliphatic heterocycles. The summed E-state index contributed by atoms with van der Waals surface area (Å²) >= 11 is 0. The van der Waals surface area contributed by atoms with E-state index < -0.39 is 57.2 Å². The van der Waals surface area contributed by atoms with Gasteiger partial charge in [-0.3, -0.25) is 14.9 Å². The van der Waals surface area contributed by atoms with E-state index in [0.717, 1.165) is 12.1 Å². The van der Waals surface area contributed by atoms with Crippen LogP contribution in [0, 0.1) is 5.82 Å². The molecule has 0 spiro atoms. The summed E-state index contributed by atoms with van der Waals surface area (Å²) in [6.45, 7) is -1.30. The average Bonchev–Trinajstić information content (AvgIpc) is 2.37. The van der Waals surface area contributed by atoms with E-state index in [4.69, 9.17) is 5.11 Å². The number of nitrogens with zero attached hydrogens (tertiary/aromatic N) is 1. The van der Waals surface area contributed by atoms with Crippen LogP contribution in [0.5, 0.6) is 0 Å². The lowest BCUT2D eigenvalue weighted by atomic mass is 10.2. The molecule has 0 unspecified atom stereocenters. The molecule has 10 heteroatoms. The molecule has 8 nitrogen and oxygen atoms in total. The lowest BCUT2D eigenvalue weighted by Crippen LogP contribution is -2.53. The first-order valence-electron chi connectivity index (χ1n) is 5.57. The summed E-state index contributed by atoms with van der Waals surface area (Å²) in [6.07, 6.45) is 0. The van der Waals surface area contributed by atoms with E-state index in [-0.39, 0.29) is 0 Å². The third-order valence-electron chi connectivity index (χ3n) is 2.71.